The number of amides is 1. The van der Waals surface area contributed by atoms with Crippen LogP contribution in [0.2, 0.25) is 5.02 Å². The second kappa shape index (κ2) is 9.43. The number of aliphatic carboxylic acids is 1. The topological polar surface area (TPSA) is 161 Å². The zero-order valence-electron chi connectivity index (χ0n) is 17.5. The molecule has 1 amide bonds. The minimum Gasteiger partial charge on any atom is -0.494 e. The smallest absolute Gasteiger partial charge is 0.490 e. The quantitative estimate of drug-likeness (QED) is 0.333. The molecule has 3 aromatic heterocycles. The van der Waals surface area contributed by atoms with Crippen molar-refractivity contribution < 1.29 is 32.6 Å². The van der Waals surface area contributed by atoms with Crippen molar-refractivity contribution in [3.05, 3.63) is 46.9 Å². The summed E-state index contributed by atoms with van der Waals surface area (Å²) in [5, 5.41) is 22.3. The van der Waals surface area contributed by atoms with Crippen LogP contribution in [0.3, 0.4) is 0 Å². The Hall–Kier alpha value is -4.07. The number of aromatic amines is 1. The number of fused-ring (bicyclic) bond motifs is 2. The van der Waals surface area contributed by atoms with E-state index < -0.39 is 24.1 Å². The molecule has 15 heteroatoms. The molecule has 1 atom stereocenters. The maximum atomic E-state index is 12.8. The number of carbonyl (C=O) groups excluding carboxylic acids is 1. The average molecular weight is 500 g/mol. The van der Waals surface area contributed by atoms with Crippen LogP contribution in [-0.4, -0.2) is 55.1 Å². The van der Waals surface area contributed by atoms with Gasteiger partial charge in [-0.15, -0.1) is 5.10 Å². The number of benzene rings is 1. The van der Waals surface area contributed by atoms with Crippen molar-refractivity contribution in [3.8, 4) is 5.75 Å². The minimum atomic E-state index is -5.08. The average Bonchev–Trinajstić information content (AvgIpc) is 3.37. The molecule has 11 nitrogen and oxygen atoms in total. The Balaban J connectivity index is 0.000000406. The van der Waals surface area contributed by atoms with Gasteiger partial charge in [-0.1, -0.05) is 11.6 Å². The summed E-state index contributed by atoms with van der Waals surface area (Å²) >= 11 is 6.34. The number of hydrogen-bond acceptors (Lipinski definition) is 7. The fourth-order valence-electron chi connectivity index (χ4n) is 3.07. The van der Waals surface area contributed by atoms with E-state index in [4.69, 9.17) is 32.0 Å². The third kappa shape index (κ3) is 4.80. The zero-order valence-corrected chi connectivity index (χ0v) is 18.3. The summed E-state index contributed by atoms with van der Waals surface area (Å²) < 4.78 is 38.7. The lowest BCUT2D eigenvalue weighted by molar-refractivity contribution is -0.192. The number of anilines is 1. The number of halogens is 4. The van der Waals surface area contributed by atoms with Crippen molar-refractivity contribution in [2.75, 3.05) is 12.8 Å². The van der Waals surface area contributed by atoms with Crippen LogP contribution < -0.4 is 15.8 Å². The number of nitrogens with two attached hydrogens (primary N) is 1. The molecule has 0 radical (unpaired) electrons. The van der Waals surface area contributed by atoms with Crippen LogP contribution in [0.5, 0.6) is 5.75 Å². The molecule has 0 aliphatic carbocycles. The maximum absolute atomic E-state index is 12.8. The summed E-state index contributed by atoms with van der Waals surface area (Å²) in [6.07, 6.45) is -0.210. The first-order valence-electron chi connectivity index (χ1n) is 9.35. The van der Waals surface area contributed by atoms with Crippen molar-refractivity contribution in [1.82, 2.24) is 30.1 Å². The number of H-pyrrole nitrogens is 1. The second-order valence-electron chi connectivity index (χ2n) is 6.79. The van der Waals surface area contributed by atoms with Crippen LogP contribution in [0.1, 0.15) is 28.9 Å². The second-order valence-corrected chi connectivity index (χ2v) is 7.19. The Labute approximate surface area is 193 Å². The number of methoxy groups -OCH3 is 1. The summed E-state index contributed by atoms with van der Waals surface area (Å²) in [7, 11) is 1.55. The summed E-state index contributed by atoms with van der Waals surface area (Å²) in [6, 6.07) is 3.03. The van der Waals surface area contributed by atoms with Gasteiger partial charge >= 0.3 is 12.1 Å². The van der Waals surface area contributed by atoms with Gasteiger partial charge in [-0.2, -0.15) is 18.3 Å². The summed E-state index contributed by atoms with van der Waals surface area (Å²) in [4.78, 5) is 25.9. The maximum Gasteiger partial charge on any atom is 0.490 e. The predicted octanol–water partition coefficient (Wildman–Crippen LogP) is 2.97. The van der Waals surface area contributed by atoms with Gasteiger partial charge in [0.05, 0.1) is 24.4 Å². The van der Waals surface area contributed by atoms with Gasteiger partial charge in [0, 0.05) is 23.3 Å². The molecular formula is C19H17ClF3N7O4. The number of alkyl halides is 3. The van der Waals surface area contributed by atoms with E-state index in [0.29, 0.717) is 27.5 Å². The fraction of sp³-hybridized carbons (Fsp3) is 0.211. The minimum absolute atomic E-state index is 0.104. The number of nitrogen functional groups attached to an aromatic ring is 1. The van der Waals surface area contributed by atoms with Crippen molar-refractivity contribution in [1.29, 1.82) is 0 Å². The summed E-state index contributed by atoms with van der Waals surface area (Å²) in [5.74, 6) is -2.48. The van der Waals surface area contributed by atoms with Crippen molar-refractivity contribution in [2.24, 2.45) is 0 Å². The van der Waals surface area contributed by atoms with Crippen LogP contribution in [0.25, 0.3) is 16.6 Å². The van der Waals surface area contributed by atoms with Crippen molar-refractivity contribution in [3.63, 3.8) is 0 Å². The van der Waals surface area contributed by atoms with Crippen LogP contribution in [0, 0.1) is 0 Å². The van der Waals surface area contributed by atoms with Crippen molar-refractivity contribution in [2.45, 2.75) is 19.1 Å². The number of carboxylic acids is 1. The van der Waals surface area contributed by atoms with Gasteiger partial charge in [0.2, 0.25) is 0 Å². The highest BCUT2D eigenvalue weighted by Crippen LogP contribution is 2.37. The van der Waals surface area contributed by atoms with E-state index in [1.807, 2.05) is 6.92 Å². The molecule has 34 heavy (non-hydrogen) atoms. The molecule has 0 aliphatic rings. The van der Waals surface area contributed by atoms with Crippen LogP contribution in [-0.2, 0) is 4.79 Å². The van der Waals surface area contributed by atoms with E-state index >= 15 is 0 Å². The molecule has 5 N–H and O–H groups in total. The first kappa shape index (κ1) is 24.6. The number of aromatic nitrogens is 5. The van der Waals surface area contributed by atoms with E-state index in [9.17, 15) is 18.0 Å². The summed E-state index contributed by atoms with van der Waals surface area (Å²) in [5.41, 5.74) is 7.89. The Morgan fingerprint density at radius 1 is 1.38 bits per heavy atom. The largest absolute Gasteiger partial charge is 0.494 e. The number of ether oxygens (including phenoxy) is 1. The van der Waals surface area contributed by atoms with Gasteiger partial charge in [-0.05, 0) is 19.1 Å². The predicted molar refractivity (Wildman–Crippen MR) is 115 cm³/mol. The van der Waals surface area contributed by atoms with E-state index in [2.05, 4.69) is 25.6 Å². The number of carboxylic acid groups (broad SMARTS) is 1. The molecule has 0 saturated heterocycles. The van der Waals surface area contributed by atoms with Crippen LogP contribution >= 0.6 is 11.6 Å². The molecule has 4 aromatic rings. The lowest BCUT2D eigenvalue weighted by atomic mass is 10.0. The molecule has 1 aromatic carbocycles. The molecule has 3 heterocycles. The summed E-state index contributed by atoms with van der Waals surface area (Å²) in [6.45, 7) is 1.82. The Morgan fingerprint density at radius 2 is 2.06 bits per heavy atom. The van der Waals surface area contributed by atoms with E-state index in [1.54, 1.807) is 37.8 Å². The van der Waals surface area contributed by atoms with E-state index in [0.717, 1.165) is 5.39 Å². The third-order valence-electron chi connectivity index (χ3n) is 4.58. The first-order chi connectivity index (χ1) is 16.0. The van der Waals surface area contributed by atoms with E-state index in [1.165, 1.54) is 4.52 Å². The third-order valence-corrected chi connectivity index (χ3v) is 4.89. The monoisotopic (exact) mass is 499 g/mol. The molecule has 180 valence electrons. The normalized spacial score (nSPS) is 12.2. The Morgan fingerprint density at radius 3 is 2.68 bits per heavy atom. The van der Waals surface area contributed by atoms with Gasteiger partial charge in [-0.25, -0.2) is 14.3 Å². The highest BCUT2D eigenvalue weighted by Gasteiger charge is 2.38. The highest BCUT2D eigenvalue weighted by atomic mass is 35.5. The molecular weight excluding hydrogens is 483 g/mol. The van der Waals surface area contributed by atoms with E-state index in [-0.39, 0.29) is 11.4 Å². The van der Waals surface area contributed by atoms with Gasteiger partial charge in [-0.3, -0.25) is 9.89 Å². The number of carbonyl (C=O) groups is 2. The first-order valence-corrected chi connectivity index (χ1v) is 9.72. The standard InChI is InChI=1S/C17H16ClN7O2.C2HF3O2/c1-8(9-6-11(18)10-7-21-23-13(10)14(9)27-2)22-17(26)12-15(19)24-25-5-3-4-20-16(12)25;3-2(4,5)1(6)7/h3-8H,1-2H3,(H2,19,24)(H,21,23)(H,22,26);(H,6,7). The van der Waals surface area contributed by atoms with Gasteiger partial charge in [0.1, 0.15) is 16.8 Å². The lowest BCUT2D eigenvalue weighted by Crippen LogP contribution is -2.27. The highest BCUT2D eigenvalue weighted by molar-refractivity contribution is 6.35. The molecule has 0 spiro atoms. The number of nitrogens with zero attached hydrogens (tertiary/aromatic N) is 4. The van der Waals surface area contributed by atoms with Crippen LogP contribution in [0.15, 0.2) is 30.7 Å². The Bertz CT molecular complexity index is 1370. The zero-order chi connectivity index (χ0) is 25.2. The molecule has 0 bridgehead atoms. The Kier molecular flexibility index (Phi) is 6.81. The van der Waals surface area contributed by atoms with Gasteiger partial charge in [0.15, 0.2) is 11.5 Å². The molecule has 4 rings (SSSR count). The fourth-order valence-corrected chi connectivity index (χ4v) is 3.34. The number of rotatable bonds is 4. The lowest BCUT2D eigenvalue weighted by Gasteiger charge is -2.18. The van der Waals surface area contributed by atoms with Crippen molar-refractivity contribution >= 4 is 45.8 Å². The van der Waals surface area contributed by atoms with Gasteiger partial charge < -0.3 is 20.9 Å². The number of nitrogens with one attached hydrogen (secondary N) is 2. The molecule has 0 saturated carbocycles. The molecule has 1 unspecified atom stereocenters. The molecule has 0 fully saturated rings. The van der Waals surface area contributed by atoms with Gasteiger partial charge in [0.25, 0.3) is 5.91 Å². The van der Waals surface area contributed by atoms with Crippen LogP contribution in [0.4, 0.5) is 19.0 Å². The SMILES string of the molecule is COc1c(C(C)NC(=O)c2c(N)nn3cccnc23)cc(Cl)c2cn[nH]c12.O=C(O)C(F)(F)F. The molecule has 0 aliphatic heterocycles. The number of hydrogen-bond donors (Lipinski definition) is 4.